The van der Waals surface area contributed by atoms with E-state index in [2.05, 4.69) is 5.32 Å². The average Bonchev–Trinajstić information content (AvgIpc) is 2.73. The lowest BCUT2D eigenvalue weighted by Crippen LogP contribution is -2.51. The maximum absolute atomic E-state index is 13.0. The van der Waals surface area contributed by atoms with E-state index in [0.717, 1.165) is 0 Å². The first kappa shape index (κ1) is 13.8. The third-order valence-corrected chi connectivity index (χ3v) is 3.22. The SMILES string of the molecule is O=C(O)c1ccc(C2=CNC(O)(C(F)(F)Cl)C2)cc1. The normalized spacial score (nSPS) is 22.8. The van der Waals surface area contributed by atoms with Crippen LogP contribution in [0, 0.1) is 0 Å². The molecule has 1 atom stereocenters. The summed E-state index contributed by atoms with van der Waals surface area (Å²) < 4.78 is 26.0. The Labute approximate surface area is 112 Å². The number of carboxylic acid groups (broad SMARTS) is 1. The van der Waals surface area contributed by atoms with E-state index in [4.69, 9.17) is 16.7 Å². The van der Waals surface area contributed by atoms with Crippen molar-refractivity contribution in [3.8, 4) is 0 Å². The van der Waals surface area contributed by atoms with Crippen LogP contribution < -0.4 is 5.32 Å². The highest BCUT2D eigenvalue weighted by Crippen LogP contribution is 2.41. The molecule has 3 N–H and O–H groups in total. The van der Waals surface area contributed by atoms with Gasteiger partial charge in [-0.2, -0.15) is 8.78 Å². The summed E-state index contributed by atoms with van der Waals surface area (Å²) in [5.74, 6) is -1.08. The van der Waals surface area contributed by atoms with Crippen molar-refractivity contribution < 1.29 is 23.8 Å². The molecule has 0 radical (unpaired) electrons. The lowest BCUT2D eigenvalue weighted by Gasteiger charge is -2.27. The van der Waals surface area contributed by atoms with Gasteiger partial charge in [-0.25, -0.2) is 4.79 Å². The van der Waals surface area contributed by atoms with Crippen LogP contribution in [0.5, 0.6) is 0 Å². The number of nitrogens with one attached hydrogen (secondary N) is 1. The minimum atomic E-state index is -3.81. The quantitative estimate of drug-likeness (QED) is 0.747. The maximum atomic E-state index is 13.0. The lowest BCUT2D eigenvalue weighted by atomic mass is 9.99. The second-order valence-corrected chi connectivity index (χ2v) is 4.71. The second-order valence-electron chi connectivity index (χ2n) is 4.23. The summed E-state index contributed by atoms with van der Waals surface area (Å²) in [4.78, 5) is 10.7. The molecule has 2 rings (SSSR count). The Bertz CT molecular complexity index is 539. The van der Waals surface area contributed by atoms with E-state index in [1.54, 1.807) is 0 Å². The molecule has 1 aliphatic heterocycles. The van der Waals surface area contributed by atoms with Gasteiger partial charge in [0.1, 0.15) is 0 Å². The Hall–Kier alpha value is -1.66. The third kappa shape index (κ3) is 2.54. The first-order valence-corrected chi connectivity index (χ1v) is 5.70. The summed E-state index contributed by atoms with van der Waals surface area (Å²) in [6.45, 7) is 0. The number of carbonyl (C=O) groups is 1. The van der Waals surface area contributed by atoms with Gasteiger partial charge in [-0.15, -0.1) is 0 Å². The van der Waals surface area contributed by atoms with Crippen molar-refractivity contribution in [1.82, 2.24) is 5.32 Å². The van der Waals surface area contributed by atoms with E-state index < -0.39 is 17.1 Å². The molecular formula is C12H10ClF2NO3. The number of hydrogen-bond donors (Lipinski definition) is 3. The predicted molar refractivity (Wildman–Crippen MR) is 64.9 cm³/mol. The number of carboxylic acids is 1. The van der Waals surface area contributed by atoms with Crippen molar-refractivity contribution >= 4 is 23.1 Å². The van der Waals surface area contributed by atoms with E-state index in [1.165, 1.54) is 30.5 Å². The summed E-state index contributed by atoms with van der Waals surface area (Å²) in [6, 6.07) is 5.67. The Morgan fingerprint density at radius 3 is 2.37 bits per heavy atom. The summed E-state index contributed by atoms with van der Waals surface area (Å²) in [5.41, 5.74) is -1.49. The largest absolute Gasteiger partial charge is 0.478 e. The van der Waals surface area contributed by atoms with Crippen LogP contribution in [0.2, 0.25) is 0 Å². The number of hydrogen-bond acceptors (Lipinski definition) is 3. The number of alkyl halides is 3. The molecule has 4 nitrogen and oxygen atoms in total. The van der Waals surface area contributed by atoms with Crippen LogP contribution in [0.3, 0.4) is 0 Å². The molecular weight excluding hydrogens is 280 g/mol. The molecule has 0 saturated carbocycles. The zero-order chi connectivity index (χ0) is 14.3. The summed E-state index contributed by atoms with van der Waals surface area (Å²) in [7, 11) is 0. The fourth-order valence-electron chi connectivity index (χ4n) is 1.78. The number of benzene rings is 1. The van der Waals surface area contributed by atoms with Gasteiger partial charge in [-0.1, -0.05) is 12.1 Å². The van der Waals surface area contributed by atoms with Gasteiger partial charge in [-0.3, -0.25) is 0 Å². The Morgan fingerprint density at radius 1 is 1.37 bits per heavy atom. The highest BCUT2D eigenvalue weighted by Gasteiger charge is 2.53. The Balaban J connectivity index is 2.19. The second kappa shape index (κ2) is 4.47. The fraction of sp³-hybridized carbons (Fsp3) is 0.250. The molecule has 0 fully saturated rings. The standard InChI is InChI=1S/C12H10ClF2NO3/c13-12(14,15)11(19)5-9(6-16-11)7-1-3-8(4-2-7)10(17)18/h1-4,6,16,19H,5H2,(H,17,18). The molecule has 1 aliphatic rings. The number of aromatic carboxylic acids is 1. The van der Waals surface area contributed by atoms with E-state index in [0.29, 0.717) is 11.1 Å². The van der Waals surface area contributed by atoms with Crippen molar-refractivity contribution in [3.63, 3.8) is 0 Å². The van der Waals surface area contributed by atoms with Gasteiger partial charge < -0.3 is 15.5 Å². The molecule has 0 aromatic heterocycles. The van der Waals surface area contributed by atoms with Crippen molar-refractivity contribution in [2.45, 2.75) is 17.5 Å². The molecule has 0 amide bonds. The zero-order valence-electron chi connectivity index (χ0n) is 9.53. The highest BCUT2D eigenvalue weighted by molar-refractivity contribution is 6.22. The number of rotatable bonds is 3. The fourth-order valence-corrected chi connectivity index (χ4v) is 1.90. The van der Waals surface area contributed by atoms with E-state index in [-0.39, 0.29) is 12.0 Å². The van der Waals surface area contributed by atoms with Gasteiger partial charge in [0.2, 0.25) is 5.72 Å². The summed E-state index contributed by atoms with van der Waals surface area (Å²) >= 11 is 4.84. The molecule has 1 aromatic carbocycles. The van der Waals surface area contributed by atoms with Crippen LogP contribution in [0.25, 0.3) is 5.57 Å². The van der Waals surface area contributed by atoms with E-state index in [9.17, 15) is 18.7 Å². The molecule has 0 bridgehead atoms. The van der Waals surface area contributed by atoms with Crippen LogP contribution in [0.1, 0.15) is 22.3 Å². The van der Waals surface area contributed by atoms with Crippen LogP contribution in [-0.2, 0) is 0 Å². The minimum absolute atomic E-state index is 0.0910. The molecule has 1 heterocycles. The molecule has 0 aliphatic carbocycles. The van der Waals surface area contributed by atoms with Crippen LogP contribution in [0.15, 0.2) is 30.5 Å². The molecule has 0 saturated heterocycles. The Kier molecular flexibility index (Phi) is 3.24. The van der Waals surface area contributed by atoms with E-state index >= 15 is 0 Å². The molecule has 7 heteroatoms. The smallest absolute Gasteiger partial charge is 0.368 e. The number of aliphatic hydroxyl groups is 1. The first-order chi connectivity index (χ1) is 8.73. The van der Waals surface area contributed by atoms with Crippen LogP contribution in [0.4, 0.5) is 8.78 Å². The predicted octanol–water partition coefficient (Wildman–Crippen LogP) is 2.24. The van der Waals surface area contributed by atoms with Gasteiger partial charge in [0, 0.05) is 12.6 Å². The third-order valence-electron chi connectivity index (χ3n) is 2.90. The van der Waals surface area contributed by atoms with Crippen LogP contribution >= 0.6 is 11.6 Å². The minimum Gasteiger partial charge on any atom is -0.478 e. The molecule has 0 spiro atoms. The summed E-state index contributed by atoms with van der Waals surface area (Å²) in [6.07, 6.45) is 0.863. The van der Waals surface area contributed by atoms with Gasteiger partial charge >= 0.3 is 11.4 Å². The molecule has 1 aromatic rings. The highest BCUT2D eigenvalue weighted by atomic mass is 35.5. The summed E-state index contributed by atoms with van der Waals surface area (Å²) in [5, 5.41) is 16.8. The van der Waals surface area contributed by atoms with Gasteiger partial charge in [-0.05, 0) is 34.9 Å². The monoisotopic (exact) mass is 289 g/mol. The first-order valence-electron chi connectivity index (χ1n) is 5.32. The van der Waals surface area contributed by atoms with Crippen LogP contribution in [-0.4, -0.2) is 27.3 Å². The van der Waals surface area contributed by atoms with E-state index in [1.807, 2.05) is 0 Å². The van der Waals surface area contributed by atoms with Gasteiger partial charge in [0.05, 0.1) is 5.56 Å². The Morgan fingerprint density at radius 2 is 1.95 bits per heavy atom. The van der Waals surface area contributed by atoms with Gasteiger partial charge in [0.15, 0.2) is 0 Å². The number of halogens is 3. The maximum Gasteiger partial charge on any atom is 0.368 e. The zero-order valence-corrected chi connectivity index (χ0v) is 10.3. The molecule has 19 heavy (non-hydrogen) atoms. The van der Waals surface area contributed by atoms with Crippen molar-refractivity contribution in [1.29, 1.82) is 0 Å². The topological polar surface area (TPSA) is 69.6 Å². The molecule has 1 unspecified atom stereocenters. The average molecular weight is 290 g/mol. The van der Waals surface area contributed by atoms with Gasteiger partial charge in [0.25, 0.3) is 0 Å². The lowest BCUT2D eigenvalue weighted by molar-refractivity contribution is -0.131. The van der Waals surface area contributed by atoms with Crippen molar-refractivity contribution in [3.05, 3.63) is 41.6 Å². The molecule has 102 valence electrons. The van der Waals surface area contributed by atoms with Crippen molar-refractivity contribution in [2.75, 3.05) is 0 Å². The van der Waals surface area contributed by atoms with Crippen molar-refractivity contribution in [2.24, 2.45) is 0 Å².